The van der Waals surface area contributed by atoms with Gasteiger partial charge in [0.25, 0.3) is 0 Å². The summed E-state index contributed by atoms with van der Waals surface area (Å²) in [5, 5.41) is 6.72. The quantitative estimate of drug-likeness (QED) is 0.626. The highest BCUT2D eigenvalue weighted by atomic mass is 15.1. The van der Waals surface area contributed by atoms with Crippen LogP contribution in [0.1, 0.15) is 59.8 Å². The molecule has 2 N–H and O–H groups in total. The minimum absolute atomic E-state index is 0.303. The van der Waals surface area contributed by atoms with E-state index in [0.717, 1.165) is 31.1 Å². The molecule has 0 aliphatic carbocycles. The molecule has 0 unspecified atom stereocenters. The van der Waals surface area contributed by atoms with Gasteiger partial charge in [-0.15, -0.1) is 0 Å². The topological polar surface area (TPSA) is 49.8 Å². The van der Waals surface area contributed by atoms with Crippen LogP contribution in [0.15, 0.2) is 12.4 Å². The molecule has 0 radical (unpaired) electrons. The molecule has 0 aromatic carbocycles. The van der Waals surface area contributed by atoms with Gasteiger partial charge in [-0.2, -0.15) is 0 Å². The predicted octanol–water partition coefficient (Wildman–Crippen LogP) is 4.32. The fourth-order valence-electron chi connectivity index (χ4n) is 2.08. The van der Waals surface area contributed by atoms with Gasteiger partial charge in [0.1, 0.15) is 18.0 Å². The van der Waals surface area contributed by atoms with Crippen molar-refractivity contribution in [1.82, 2.24) is 9.97 Å². The average molecular weight is 278 g/mol. The van der Waals surface area contributed by atoms with Gasteiger partial charge in [0.2, 0.25) is 0 Å². The molecule has 4 heteroatoms. The van der Waals surface area contributed by atoms with Crippen molar-refractivity contribution in [3.05, 3.63) is 12.4 Å². The molecule has 0 atom stereocenters. The minimum atomic E-state index is 0.303. The maximum absolute atomic E-state index is 4.28. The second-order valence-electron chi connectivity index (χ2n) is 6.19. The summed E-state index contributed by atoms with van der Waals surface area (Å²) in [6, 6.07) is 1.98. The summed E-state index contributed by atoms with van der Waals surface area (Å²) in [5.41, 5.74) is 0.303. The molecule has 0 aliphatic heterocycles. The van der Waals surface area contributed by atoms with Crippen LogP contribution in [0, 0.1) is 5.41 Å². The Morgan fingerprint density at radius 3 is 2.35 bits per heavy atom. The summed E-state index contributed by atoms with van der Waals surface area (Å²) in [7, 11) is 0. The van der Waals surface area contributed by atoms with E-state index < -0.39 is 0 Å². The zero-order valence-corrected chi connectivity index (χ0v) is 13.5. The van der Waals surface area contributed by atoms with Crippen LogP contribution in [0.25, 0.3) is 0 Å². The van der Waals surface area contributed by atoms with E-state index in [1.54, 1.807) is 6.33 Å². The molecule has 0 spiro atoms. The molecule has 114 valence electrons. The van der Waals surface area contributed by atoms with Gasteiger partial charge in [-0.05, 0) is 18.3 Å². The third-order valence-corrected chi connectivity index (χ3v) is 3.43. The van der Waals surface area contributed by atoms with Crippen LogP contribution in [0.3, 0.4) is 0 Å². The number of nitrogens with one attached hydrogen (secondary N) is 2. The molecule has 1 heterocycles. The Kier molecular flexibility index (Phi) is 7.34. The lowest BCUT2D eigenvalue weighted by Crippen LogP contribution is -2.23. The van der Waals surface area contributed by atoms with E-state index in [9.17, 15) is 0 Å². The van der Waals surface area contributed by atoms with Crippen molar-refractivity contribution < 1.29 is 0 Å². The van der Waals surface area contributed by atoms with Gasteiger partial charge in [-0.1, -0.05) is 47.0 Å². The minimum Gasteiger partial charge on any atom is -0.370 e. The zero-order chi connectivity index (χ0) is 14.8. The first-order chi connectivity index (χ1) is 9.57. The summed E-state index contributed by atoms with van der Waals surface area (Å²) in [6.45, 7) is 10.9. The van der Waals surface area contributed by atoms with Gasteiger partial charge in [-0.25, -0.2) is 9.97 Å². The van der Waals surface area contributed by atoms with E-state index >= 15 is 0 Å². The molecule has 0 bridgehead atoms. The molecule has 1 rings (SSSR count). The standard InChI is InChI=1S/C16H30N4/c1-5-7-8-9-16(3,4)12-18-15-11-14(17-10-6-2)19-13-20-15/h11,13H,5-10,12H2,1-4H3,(H2,17,18,19,20). The van der Waals surface area contributed by atoms with Crippen molar-refractivity contribution in [2.45, 2.75) is 59.8 Å². The third kappa shape index (κ3) is 6.73. The van der Waals surface area contributed by atoms with Crippen LogP contribution in [0.5, 0.6) is 0 Å². The highest BCUT2D eigenvalue weighted by molar-refractivity contribution is 5.46. The second kappa shape index (κ2) is 8.77. The molecule has 0 fully saturated rings. The molecule has 1 aromatic heterocycles. The lowest BCUT2D eigenvalue weighted by molar-refractivity contribution is 0.342. The Balaban J connectivity index is 2.43. The van der Waals surface area contributed by atoms with Gasteiger partial charge in [-0.3, -0.25) is 0 Å². The highest BCUT2D eigenvalue weighted by Crippen LogP contribution is 2.24. The number of anilines is 2. The first-order valence-electron chi connectivity index (χ1n) is 7.87. The fraction of sp³-hybridized carbons (Fsp3) is 0.750. The van der Waals surface area contributed by atoms with Crippen LogP contribution >= 0.6 is 0 Å². The van der Waals surface area contributed by atoms with Gasteiger partial charge in [0.15, 0.2) is 0 Å². The van der Waals surface area contributed by atoms with Crippen molar-refractivity contribution in [1.29, 1.82) is 0 Å². The molecular formula is C16H30N4. The molecular weight excluding hydrogens is 248 g/mol. The molecule has 0 amide bonds. The van der Waals surface area contributed by atoms with E-state index in [-0.39, 0.29) is 0 Å². The summed E-state index contributed by atoms with van der Waals surface area (Å²) >= 11 is 0. The van der Waals surface area contributed by atoms with Gasteiger partial charge < -0.3 is 10.6 Å². The monoisotopic (exact) mass is 278 g/mol. The number of hydrogen-bond acceptors (Lipinski definition) is 4. The number of aromatic nitrogens is 2. The molecule has 0 saturated heterocycles. The molecule has 0 aliphatic rings. The van der Waals surface area contributed by atoms with Crippen molar-refractivity contribution in [2.75, 3.05) is 23.7 Å². The van der Waals surface area contributed by atoms with E-state index in [1.165, 1.54) is 25.7 Å². The van der Waals surface area contributed by atoms with Crippen molar-refractivity contribution in [2.24, 2.45) is 5.41 Å². The van der Waals surface area contributed by atoms with Crippen LogP contribution < -0.4 is 10.6 Å². The Morgan fingerprint density at radius 1 is 1.00 bits per heavy atom. The Labute approximate surface area is 123 Å². The maximum Gasteiger partial charge on any atom is 0.131 e. The number of unbranched alkanes of at least 4 members (excludes halogenated alkanes) is 2. The smallest absolute Gasteiger partial charge is 0.131 e. The largest absolute Gasteiger partial charge is 0.370 e. The first-order valence-corrected chi connectivity index (χ1v) is 7.87. The first kappa shape index (κ1) is 16.7. The van der Waals surface area contributed by atoms with E-state index in [4.69, 9.17) is 0 Å². The SMILES string of the molecule is CCCCCC(C)(C)CNc1cc(NCCC)ncn1. The summed E-state index contributed by atoms with van der Waals surface area (Å²) in [4.78, 5) is 8.50. The lowest BCUT2D eigenvalue weighted by atomic mass is 9.87. The van der Waals surface area contributed by atoms with Gasteiger partial charge >= 0.3 is 0 Å². The summed E-state index contributed by atoms with van der Waals surface area (Å²) in [6.07, 6.45) is 7.86. The summed E-state index contributed by atoms with van der Waals surface area (Å²) in [5.74, 6) is 1.80. The van der Waals surface area contributed by atoms with Crippen LogP contribution in [-0.2, 0) is 0 Å². The lowest BCUT2D eigenvalue weighted by Gasteiger charge is -2.25. The number of nitrogens with zero attached hydrogens (tertiary/aromatic N) is 2. The Bertz CT molecular complexity index is 376. The molecule has 4 nitrogen and oxygen atoms in total. The second-order valence-corrected chi connectivity index (χ2v) is 6.19. The number of rotatable bonds is 10. The van der Waals surface area contributed by atoms with Crippen LogP contribution in [0.4, 0.5) is 11.6 Å². The van der Waals surface area contributed by atoms with Crippen molar-refractivity contribution in [3.63, 3.8) is 0 Å². The van der Waals surface area contributed by atoms with Crippen LogP contribution in [0.2, 0.25) is 0 Å². The van der Waals surface area contributed by atoms with Crippen LogP contribution in [-0.4, -0.2) is 23.1 Å². The predicted molar refractivity (Wildman–Crippen MR) is 87.2 cm³/mol. The van der Waals surface area contributed by atoms with Gasteiger partial charge in [0, 0.05) is 19.2 Å². The van der Waals surface area contributed by atoms with Gasteiger partial charge in [0.05, 0.1) is 0 Å². The normalized spacial score (nSPS) is 11.4. The fourth-order valence-corrected chi connectivity index (χ4v) is 2.08. The number of hydrogen-bond donors (Lipinski definition) is 2. The maximum atomic E-state index is 4.28. The Hall–Kier alpha value is -1.32. The van der Waals surface area contributed by atoms with E-state index in [2.05, 4.69) is 48.3 Å². The van der Waals surface area contributed by atoms with E-state index in [1.807, 2.05) is 6.07 Å². The van der Waals surface area contributed by atoms with Crippen molar-refractivity contribution in [3.8, 4) is 0 Å². The molecule has 1 aromatic rings. The third-order valence-electron chi connectivity index (χ3n) is 3.43. The summed E-state index contributed by atoms with van der Waals surface area (Å²) < 4.78 is 0. The van der Waals surface area contributed by atoms with Crippen molar-refractivity contribution >= 4 is 11.6 Å². The highest BCUT2D eigenvalue weighted by Gasteiger charge is 2.17. The average Bonchev–Trinajstić information content (AvgIpc) is 2.44. The molecule has 0 saturated carbocycles. The zero-order valence-electron chi connectivity index (χ0n) is 13.5. The van der Waals surface area contributed by atoms with E-state index in [0.29, 0.717) is 5.41 Å². The Morgan fingerprint density at radius 2 is 1.70 bits per heavy atom. The molecule has 20 heavy (non-hydrogen) atoms.